The van der Waals surface area contributed by atoms with E-state index in [0.29, 0.717) is 0 Å². The molecule has 1 heterocycles. The van der Waals surface area contributed by atoms with E-state index in [1.54, 1.807) is 0 Å². The molecular weight excluding hydrogens is 252 g/mol. The lowest BCUT2D eigenvalue weighted by Gasteiger charge is -2.33. The Morgan fingerprint density at radius 3 is 2.35 bits per heavy atom. The van der Waals surface area contributed by atoms with Crippen molar-refractivity contribution in [1.29, 1.82) is 0 Å². The molecule has 0 radical (unpaired) electrons. The predicted molar refractivity (Wildman–Crippen MR) is 78.3 cm³/mol. The molecule has 2 aliphatic carbocycles. The Morgan fingerprint density at radius 2 is 1.75 bits per heavy atom. The molecule has 0 aromatic carbocycles. The van der Waals surface area contributed by atoms with E-state index in [4.69, 9.17) is 0 Å². The number of carbonyl (C=O) groups excluding carboxylic acids is 1. The highest BCUT2D eigenvalue weighted by Gasteiger charge is 2.58. The Bertz CT molecular complexity index is 355. The van der Waals surface area contributed by atoms with Gasteiger partial charge in [0.1, 0.15) is 0 Å². The van der Waals surface area contributed by atoms with Gasteiger partial charge >= 0.3 is 0 Å². The third-order valence-electron chi connectivity index (χ3n) is 5.86. The summed E-state index contributed by atoms with van der Waals surface area (Å²) < 4.78 is 0. The van der Waals surface area contributed by atoms with Crippen molar-refractivity contribution in [3.8, 4) is 0 Å². The number of carbonyl (C=O) groups is 1. The topological polar surface area (TPSA) is 61.4 Å². The van der Waals surface area contributed by atoms with Gasteiger partial charge in [0.2, 0.25) is 5.91 Å². The summed E-state index contributed by atoms with van der Waals surface area (Å²) in [6.07, 6.45) is 9.93. The molecule has 4 heteroatoms. The largest absolute Gasteiger partial charge is 0.394 e. The first-order valence-electron chi connectivity index (χ1n) is 8.33. The molecule has 3 aliphatic rings. The molecule has 20 heavy (non-hydrogen) atoms. The van der Waals surface area contributed by atoms with Crippen LogP contribution in [0, 0.1) is 11.3 Å². The summed E-state index contributed by atoms with van der Waals surface area (Å²) in [5, 5.41) is 16.4. The highest BCUT2D eigenvalue weighted by molar-refractivity contribution is 5.83. The maximum Gasteiger partial charge on any atom is 0.224 e. The Hall–Kier alpha value is -0.610. The van der Waals surface area contributed by atoms with Crippen LogP contribution in [-0.4, -0.2) is 36.2 Å². The first kappa shape index (κ1) is 14.3. The molecule has 1 spiro atoms. The predicted octanol–water partition coefficient (Wildman–Crippen LogP) is 1.58. The Labute approximate surface area is 121 Å². The molecule has 4 nitrogen and oxygen atoms in total. The van der Waals surface area contributed by atoms with Gasteiger partial charge < -0.3 is 15.7 Å². The fourth-order valence-corrected chi connectivity index (χ4v) is 4.27. The van der Waals surface area contributed by atoms with E-state index in [2.05, 4.69) is 10.6 Å². The molecule has 114 valence electrons. The van der Waals surface area contributed by atoms with E-state index in [1.807, 2.05) is 0 Å². The van der Waals surface area contributed by atoms with Crippen LogP contribution in [0.1, 0.15) is 57.8 Å². The Morgan fingerprint density at radius 1 is 1.10 bits per heavy atom. The van der Waals surface area contributed by atoms with E-state index >= 15 is 0 Å². The van der Waals surface area contributed by atoms with Crippen LogP contribution in [0.5, 0.6) is 0 Å². The monoisotopic (exact) mass is 280 g/mol. The highest BCUT2D eigenvalue weighted by atomic mass is 16.3. The smallest absolute Gasteiger partial charge is 0.224 e. The molecule has 2 saturated carbocycles. The van der Waals surface area contributed by atoms with E-state index in [0.717, 1.165) is 58.0 Å². The van der Waals surface area contributed by atoms with Crippen LogP contribution in [-0.2, 0) is 4.79 Å². The zero-order chi connectivity index (χ0) is 14.1. The van der Waals surface area contributed by atoms with E-state index in [-0.39, 0.29) is 29.4 Å². The van der Waals surface area contributed by atoms with Gasteiger partial charge in [-0.1, -0.05) is 25.7 Å². The SMILES string of the molecule is O=C(NC1(CO)CCCCCC1)[C@H]1CC12CCNCC2. The van der Waals surface area contributed by atoms with Crippen molar-refractivity contribution >= 4 is 5.91 Å². The number of hydrogen-bond donors (Lipinski definition) is 3. The summed E-state index contributed by atoms with van der Waals surface area (Å²) in [5.74, 6) is 0.416. The minimum atomic E-state index is -0.329. The maximum atomic E-state index is 12.6. The fourth-order valence-electron chi connectivity index (χ4n) is 4.27. The van der Waals surface area contributed by atoms with Gasteiger partial charge in [-0.15, -0.1) is 0 Å². The molecule has 3 N–H and O–H groups in total. The molecule has 3 fully saturated rings. The van der Waals surface area contributed by atoms with Gasteiger partial charge in [-0.3, -0.25) is 4.79 Å². The van der Waals surface area contributed by atoms with Crippen LogP contribution in [0.3, 0.4) is 0 Å². The Balaban J connectivity index is 1.60. The molecule has 0 unspecified atom stereocenters. The van der Waals surface area contributed by atoms with Gasteiger partial charge in [-0.05, 0) is 50.6 Å². The molecule has 0 bridgehead atoms. The van der Waals surface area contributed by atoms with Crippen LogP contribution in [0.25, 0.3) is 0 Å². The molecular formula is C16H28N2O2. The molecule has 1 saturated heterocycles. The van der Waals surface area contributed by atoms with E-state index in [9.17, 15) is 9.90 Å². The number of piperidine rings is 1. The summed E-state index contributed by atoms with van der Waals surface area (Å²) >= 11 is 0. The lowest BCUT2D eigenvalue weighted by atomic mass is 9.89. The average Bonchev–Trinajstić information content (AvgIpc) is 3.20. The molecule has 1 atom stereocenters. The van der Waals surface area contributed by atoms with Crippen molar-refractivity contribution in [2.24, 2.45) is 11.3 Å². The maximum absolute atomic E-state index is 12.6. The van der Waals surface area contributed by atoms with Crippen molar-refractivity contribution in [3.05, 3.63) is 0 Å². The van der Waals surface area contributed by atoms with Crippen LogP contribution >= 0.6 is 0 Å². The van der Waals surface area contributed by atoms with Crippen molar-refractivity contribution in [3.63, 3.8) is 0 Å². The van der Waals surface area contributed by atoms with Gasteiger partial charge in [-0.25, -0.2) is 0 Å². The number of aliphatic hydroxyl groups excluding tert-OH is 1. The van der Waals surface area contributed by atoms with Gasteiger partial charge in [0, 0.05) is 5.92 Å². The summed E-state index contributed by atoms with van der Waals surface area (Å²) in [6.45, 7) is 2.20. The van der Waals surface area contributed by atoms with Crippen LogP contribution in [0.15, 0.2) is 0 Å². The summed E-state index contributed by atoms with van der Waals surface area (Å²) in [7, 11) is 0. The second-order valence-electron chi connectivity index (χ2n) is 7.21. The lowest BCUT2D eigenvalue weighted by Crippen LogP contribution is -2.52. The molecule has 1 aliphatic heterocycles. The quantitative estimate of drug-likeness (QED) is 0.688. The zero-order valence-electron chi connectivity index (χ0n) is 12.4. The number of nitrogens with one attached hydrogen (secondary N) is 2. The minimum Gasteiger partial charge on any atom is -0.394 e. The van der Waals surface area contributed by atoms with Crippen LogP contribution < -0.4 is 10.6 Å². The van der Waals surface area contributed by atoms with E-state index in [1.165, 1.54) is 12.8 Å². The summed E-state index contributed by atoms with van der Waals surface area (Å²) in [5.41, 5.74) is -0.0407. The van der Waals surface area contributed by atoms with Crippen molar-refractivity contribution in [1.82, 2.24) is 10.6 Å². The second kappa shape index (κ2) is 5.64. The van der Waals surface area contributed by atoms with Crippen LogP contribution in [0.2, 0.25) is 0 Å². The first-order chi connectivity index (χ1) is 9.70. The van der Waals surface area contributed by atoms with Crippen molar-refractivity contribution in [2.45, 2.75) is 63.3 Å². The second-order valence-corrected chi connectivity index (χ2v) is 7.21. The number of hydrogen-bond acceptors (Lipinski definition) is 3. The molecule has 3 rings (SSSR count). The standard InChI is InChI=1S/C16H28N2O2/c19-12-16(5-3-1-2-4-6-16)18-14(20)13-11-15(13)7-9-17-10-8-15/h13,17,19H,1-12H2,(H,18,20)/t13-/m1/s1. The normalized spacial score (nSPS) is 31.6. The Kier molecular flexibility index (Phi) is 4.04. The first-order valence-corrected chi connectivity index (χ1v) is 8.33. The highest BCUT2D eigenvalue weighted by Crippen LogP contribution is 2.58. The summed E-state index contributed by atoms with van der Waals surface area (Å²) in [4.78, 5) is 12.6. The number of aliphatic hydroxyl groups is 1. The van der Waals surface area contributed by atoms with Gasteiger partial charge in [0.05, 0.1) is 12.1 Å². The van der Waals surface area contributed by atoms with Crippen LogP contribution in [0.4, 0.5) is 0 Å². The zero-order valence-corrected chi connectivity index (χ0v) is 12.4. The molecule has 0 aromatic rings. The van der Waals surface area contributed by atoms with Gasteiger partial charge in [0.15, 0.2) is 0 Å². The third kappa shape index (κ3) is 2.73. The molecule has 0 aromatic heterocycles. The fraction of sp³-hybridized carbons (Fsp3) is 0.938. The van der Waals surface area contributed by atoms with Gasteiger partial charge in [0.25, 0.3) is 0 Å². The van der Waals surface area contributed by atoms with E-state index < -0.39 is 0 Å². The number of rotatable bonds is 3. The molecule has 1 amide bonds. The van der Waals surface area contributed by atoms with Crippen molar-refractivity contribution < 1.29 is 9.90 Å². The average molecular weight is 280 g/mol. The van der Waals surface area contributed by atoms with Crippen molar-refractivity contribution in [2.75, 3.05) is 19.7 Å². The number of amides is 1. The lowest BCUT2D eigenvalue weighted by molar-refractivity contribution is -0.126. The summed E-state index contributed by atoms with van der Waals surface area (Å²) in [6, 6.07) is 0. The third-order valence-corrected chi connectivity index (χ3v) is 5.86. The minimum absolute atomic E-state index is 0.0972. The van der Waals surface area contributed by atoms with Gasteiger partial charge in [-0.2, -0.15) is 0 Å².